The van der Waals surface area contributed by atoms with Crippen molar-refractivity contribution in [2.75, 3.05) is 5.75 Å². The molecule has 6 nitrogen and oxygen atoms in total. The number of aromatic nitrogens is 2. The van der Waals surface area contributed by atoms with E-state index in [1.165, 1.54) is 6.08 Å². The molecule has 0 saturated carbocycles. The van der Waals surface area contributed by atoms with E-state index >= 15 is 0 Å². The lowest BCUT2D eigenvalue weighted by Gasteiger charge is -2.01. The van der Waals surface area contributed by atoms with Crippen molar-refractivity contribution < 1.29 is 13.0 Å². The van der Waals surface area contributed by atoms with Gasteiger partial charge in [-0.05, 0) is 6.92 Å². The summed E-state index contributed by atoms with van der Waals surface area (Å²) in [5, 5.41) is 7.06. The van der Waals surface area contributed by atoms with Crippen LogP contribution in [0.25, 0.3) is 0 Å². The third-order valence-corrected chi connectivity index (χ3v) is 2.80. The van der Waals surface area contributed by atoms with Crippen molar-refractivity contribution in [3.8, 4) is 0 Å². The van der Waals surface area contributed by atoms with Gasteiger partial charge in [0.05, 0.1) is 12.3 Å². The fourth-order valence-electron chi connectivity index (χ4n) is 0.802. The zero-order valence-corrected chi connectivity index (χ0v) is 8.54. The molecule has 0 spiro atoms. The van der Waals surface area contributed by atoms with Crippen LogP contribution < -0.4 is 4.72 Å². The molecule has 78 valence electrons. The summed E-state index contributed by atoms with van der Waals surface area (Å²) < 4.78 is 29.1. The Morgan fingerprint density at radius 3 is 2.79 bits per heavy atom. The van der Waals surface area contributed by atoms with Gasteiger partial charge in [-0.2, -0.15) is 0 Å². The molecule has 0 aliphatic rings. The Bertz CT molecular complexity index is 410. The van der Waals surface area contributed by atoms with Crippen molar-refractivity contribution >= 4 is 10.0 Å². The van der Waals surface area contributed by atoms with Gasteiger partial charge >= 0.3 is 0 Å². The molecule has 1 aromatic heterocycles. The maximum absolute atomic E-state index is 11.2. The van der Waals surface area contributed by atoms with Crippen LogP contribution >= 0.6 is 0 Å². The molecular formula is C7H11N3O3S. The third-order valence-electron chi connectivity index (χ3n) is 1.54. The molecule has 0 saturated heterocycles. The Hall–Kier alpha value is -1.21. The predicted octanol–water partition coefficient (Wildman–Crippen LogP) is -0.0166. The smallest absolute Gasteiger partial charge is 0.215 e. The fourth-order valence-corrected chi connectivity index (χ4v) is 1.59. The van der Waals surface area contributed by atoms with Gasteiger partial charge in [-0.15, -0.1) is 6.58 Å². The SMILES string of the molecule is C=CCS(=O)(=O)NCc1nonc1C. The van der Waals surface area contributed by atoms with E-state index in [-0.39, 0.29) is 12.3 Å². The van der Waals surface area contributed by atoms with Crippen LogP contribution in [0.1, 0.15) is 11.4 Å². The van der Waals surface area contributed by atoms with Crippen molar-refractivity contribution in [2.45, 2.75) is 13.5 Å². The quantitative estimate of drug-likeness (QED) is 0.701. The second kappa shape index (κ2) is 4.34. The molecule has 14 heavy (non-hydrogen) atoms. The molecule has 7 heteroatoms. The lowest BCUT2D eigenvalue weighted by molar-refractivity contribution is 0.301. The molecular weight excluding hydrogens is 206 g/mol. The lowest BCUT2D eigenvalue weighted by Crippen LogP contribution is -2.25. The highest BCUT2D eigenvalue weighted by molar-refractivity contribution is 7.89. The Balaban J connectivity index is 2.57. The van der Waals surface area contributed by atoms with Crippen LogP contribution in [0.15, 0.2) is 17.3 Å². The van der Waals surface area contributed by atoms with Gasteiger partial charge in [0.1, 0.15) is 11.4 Å². The van der Waals surface area contributed by atoms with E-state index in [0.29, 0.717) is 11.4 Å². The number of sulfonamides is 1. The highest BCUT2D eigenvalue weighted by Gasteiger charge is 2.10. The number of nitrogens with zero attached hydrogens (tertiary/aromatic N) is 2. The molecule has 0 bridgehead atoms. The van der Waals surface area contributed by atoms with E-state index in [1.54, 1.807) is 6.92 Å². The summed E-state index contributed by atoms with van der Waals surface area (Å²) in [6.07, 6.45) is 1.32. The molecule has 0 atom stereocenters. The van der Waals surface area contributed by atoms with Crippen molar-refractivity contribution in [3.63, 3.8) is 0 Å². The van der Waals surface area contributed by atoms with Crippen LogP contribution in [-0.4, -0.2) is 24.5 Å². The monoisotopic (exact) mass is 217 g/mol. The maximum atomic E-state index is 11.2. The summed E-state index contributed by atoms with van der Waals surface area (Å²) in [7, 11) is -3.30. The summed E-state index contributed by atoms with van der Waals surface area (Å²) in [5.41, 5.74) is 1.06. The molecule has 0 radical (unpaired) electrons. The van der Waals surface area contributed by atoms with Crippen LogP contribution in [0.5, 0.6) is 0 Å². The van der Waals surface area contributed by atoms with E-state index in [0.717, 1.165) is 0 Å². The summed E-state index contributed by atoms with van der Waals surface area (Å²) in [5.74, 6) is -0.114. The van der Waals surface area contributed by atoms with Crippen molar-refractivity contribution in [2.24, 2.45) is 0 Å². The first-order valence-corrected chi connectivity index (χ1v) is 5.56. The van der Waals surface area contributed by atoms with Gasteiger partial charge in [0.2, 0.25) is 10.0 Å². The standard InChI is InChI=1S/C7H11N3O3S/c1-3-4-14(11,12)8-5-7-6(2)9-13-10-7/h3,8H,1,4-5H2,2H3. The van der Waals surface area contributed by atoms with Gasteiger partial charge < -0.3 is 0 Å². The van der Waals surface area contributed by atoms with E-state index in [9.17, 15) is 8.42 Å². The van der Waals surface area contributed by atoms with Crippen LogP contribution in [-0.2, 0) is 16.6 Å². The summed E-state index contributed by atoms with van der Waals surface area (Å²) >= 11 is 0. The van der Waals surface area contributed by atoms with Gasteiger partial charge in [0.25, 0.3) is 0 Å². The maximum Gasteiger partial charge on any atom is 0.215 e. The Morgan fingerprint density at radius 2 is 2.29 bits per heavy atom. The van der Waals surface area contributed by atoms with Crippen molar-refractivity contribution in [3.05, 3.63) is 24.0 Å². The zero-order chi connectivity index (χ0) is 10.6. The molecule has 0 unspecified atom stereocenters. The second-order valence-corrected chi connectivity index (χ2v) is 4.54. The predicted molar refractivity (Wildman–Crippen MR) is 49.9 cm³/mol. The Kier molecular flexibility index (Phi) is 3.37. The number of aryl methyl sites for hydroxylation is 1. The minimum Gasteiger partial charge on any atom is -0.244 e. The summed E-state index contributed by atoms with van der Waals surface area (Å²) in [4.78, 5) is 0. The minimum absolute atomic E-state index is 0.0888. The van der Waals surface area contributed by atoms with Gasteiger partial charge in [-0.3, -0.25) is 0 Å². The van der Waals surface area contributed by atoms with Gasteiger partial charge in [-0.25, -0.2) is 17.8 Å². The topological polar surface area (TPSA) is 85.1 Å². The first kappa shape index (κ1) is 10.9. The van der Waals surface area contributed by atoms with Crippen LogP contribution in [0.3, 0.4) is 0 Å². The largest absolute Gasteiger partial charge is 0.244 e. The average Bonchev–Trinajstić information content (AvgIpc) is 2.48. The van der Waals surface area contributed by atoms with Gasteiger partial charge in [-0.1, -0.05) is 16.4 Å². The highest BCUT2D eigenvalue weighted by atomic mass is 32.2. The summed E-state index contributed by atoms with van der Waals surface area (Å²) in [6, 6.07) is 0. The Labute approximate surface area is 82.0 Å². The van der Waals surface area contributed by atoms with Gasteiger partial charge in [0, 0.05) is 0 Å². The number of hydrogen-bond acceptors (Lipinski definition) is 5. The normalized spacial score (nSPS) is 11.5. The van der Waals surface area contributed by atoms with E-state index < -0.39 is 10.0 Å². The number of rotatable bonds is 5. The molecule has 0 aromatic carbocycles. The zero-order valence-electron chi connectivity index (χ0n) is 7.73. The highest BCUT2D eigenvalue weighted by Crippen LogP contribution is 2.00. The Morgan fingerprint density at radius 1 is 1.57 bits per heavy atom. The lowest BCUT2D eigenvalue weighted by atomic mass is 10.3. The second-order valence-electron chi connectivity index (χ2n) is 2.69. The molecule has 1 aromatic rings. The minimum atomic E-state index is -3.30. The van der Waals surface area contributed by atoms with Crippen LogP contribution in [0.2, 0.25) is 0 Å². The number of hydrogen-bond donors (Lipinski definition) is 1. The van der Waals surface area contributed by atoms with Crippen LogP contribution in [0, 0.1) is 6.92 Å². The van der Waals surface area contributed by atoms with Gasteiger partial charge in [0.15, 0.2) is 0 Å². The molecule has 0 aliphatic heterocycles. The van der Waals surface area contributed by atoms with Crippen molar-refractivity contribution in [1.82, 2.24) is 15.0 Å². The molecule has 0 amide bonds. The third kappa shape index (κ3) is 2.93. The molecule has 0 aliphatic carbocycles. The first-order valence-electron chi connectivity index (χ1n) is 3.91. The molecule has 0 fully saturated rings. The summed E-state index contributed by atoms with van der Waals surface area (Å²) in [6.45, 7) is 5.12. The molecule has 1 heterocycles. The average molecular weight is 217 g/mol. The fraction of sp³-hybridized carbons (Fsp3) is 0.429. The molecule has 1 rings (SSSR count). The molecule has 1 N–H and O–H groups in total. The van der Waals surface area contributed by atoms with Crippen molar-refractivity contribution in [1.29, 1.82) is 0 Å². The van der Waals surface area contributed by atoms with Crippen LogP contribution in [0.4, 0.5) is 0 Å². The first-order chi connectivity index (χ1) is 6.55. The van der Waals surface area contributed by atoms with E-state index in [2.05, 4.69) is 26.2 Å². The van der Waals surface area contributed by atoms with E-state index in [4.69, 9.17) is 0 Å². The number of nitrogens with one attached hydrogen (secondary N) is 1. The van der Waals surface area contributed by atoms with E-state index in [1.807, 2.05) is 0 Å².